The second-order valence-electron chi connectivity index (χ2n) is 5.84. The molecule has 2 N–H and O–H groups in total. The van der Waals surface area contributed by atoms with Crippen molar-refractivity contribution in [2.24, 2.45) is 5.73 Å². The molecule has 2 atom stereocenters. The Morgan fingerprint density at radius 1 is 1.19 bits per heavy atom. The molecule has 2 aromatic rings. The van der Waals surface area contributed by atoms with Gasteiger partial charge in [-0.15, -0.1) is 0 Å². The summed E-state index contributed by atoms with van der Waals surface area (Å²) in [5, 5.41) is 0. The van der Waals surface area contributed by atoms with Crippen LogP contribution in [0, 0.1) is 0 Å². The van der Waals surface area contributed by atoms with Crippen LogP contribution in [0.15, 0.2) is 53.0 Å². The molecule has 0 saturated carbocycles. The molecular weight excluding hydrogens is 324 g/mol. The second-order valence-corrected chi connectivity index (χ2v) is 6.69. The van der Waals surface area contributed by atoms with Crippen LogP contribution in [0.3, 0.4) is 0 Å². The van der Waals surface area contributed by atoms with Crippen molar-refractivity contribution in [1.29, 1.82) is 0 Å². The van der Waals surface area contributed by atoms with Crippen molar-refractivity contribution < 1.29 is 0 Å². The number of nitrogens with zero attached hydrogens (tertiary/aromatic N) is 1. The minimum Gasteiger partial charge on any atom is -0.371 e. The highest BCUT2D eigenvalue weighted by Gasteiger charge is 2.24. The first-order valence-corrected chi connectivity index (χ1v) is 8.29. The van der Waals surface area contributed by atoms with Gasteiger partial charge in [0.1, 0.15) is 0 Å². The molecular formula is C18H21BrN2. The van der Waals surface area contributed by atoms with Crippen molar-refractivity contribution in [3.05, 3.63) is 64.1 Å². The largest absolute Gasteiger partial charge is 0.371 e. The van der Waals surface area contributed by atoms with Crippen LogP contribution in [-0.2, 0) is 0 Å². The molecule has 3 heteroatoms. The van der Waals surface area contributed by atoms with E-state index in [4.69, 9.17) is 5.73 Å². The van der Waals surface area contributed by atoms with E-state index in [0.717, 1.165) is 23.1 Å². The molecule has 0 radical (unpaired) electrons. The van der Waals surface area contributed by atoms with Gasteiger partial charge in [0.25, 0.3) is 0 Å². The van der Waals surface area contributed by atoms with Gasteiger partial charge in [0, 0.05) is 35.2 Å². The maximum atomic E-state index is 5.97. The summed E-state index contributed by atoms with van der Waals surface area (Å²) in [6, 6.07) is 17.4. The number of halogens is 1. The van der Waals surface area contributed by atoms with Crippen molar-refractivity contribution in [2.75, 3.05) is 18.0 Å². The number of nitrogens with two attached hydrogens (primary N) is 1. The van der Waals surface area contributed by atoms with Gasteiger partial charge in [-0.1, -0.05) is 52.3 Å². The van der Waals surface area contributed by atoms with E-state index in [-0.39, 0.29) is 6.04 Å². The summed E-state index contributed by atoms with van der Waals surface area (Å²) in [7, 11) is 0. The summed E-state index contributed by atoms with van der Waals surface area (Å²) >= 11 is 3.65. The molecule has 0 aliphatic carbocycles. The zero-order valence-corrected chi connectivity index (χ0v) is 13.9. The monoisotopic (exact) mass is 344 g/mol. The predicted molar refractivity (Wildman–Crippen MR) is 92.8 cm³/mol. The third-order valence-electron chi connectivity index (χ3n) is 4.30. The summed E-state index contributed by atoms with van der Waals surface area (Å²) < 4.78 is 1.11. The Bertz CT molecular complexity index is 610. The van der Waals surface area contributed by atoms with Crippen LogP contribution >= 0.6 is 15.9 Å². The van der Waals surface area contributed by atoms with E-state index in [2.05, 4.69) is 69.4 Å². The maximum absolute atomic E-state index is 5.97. The number of rotatable bonds is 3. The minimum absolute atomic E-state index is 0.0593. The van der Waals surface area contributed by atoms with E-state index in [0.29, 0.717) is 5.92 Å². The van der Waals surface area contributed by atoms with E-state index in [1.807, 2.05) is 6.92 Å². The Kier molecular flexibility index (Phi) is 4.32. The maximum Gasteiger partial charge on any atom is 0.0377 e. The molecule has 1 saturated heterocycles. The molecule has 0 aromatic heterocycles. The third-order valence-corrected chi connectivity index (χ3v) is 4.99. The van der Waals surface area contributed by atoms with Gasteiger partial charge in [0.05, 0.1) is 0 Å². The molecule has 3 rings (SSSR count). The molecule has 2 aromatic carbocycles. The van der Waals surface area contributed by atoms with Gasteiger partial charge >= 0.3 is 0 Å². The topological polar surface area (TPSA) is 29.3 Å². The van der Waals surface area contributed by atoms with Crippen LogP contribution in [0.4, 0.5) is 5.69 Å². The fourth-order valence-corrected chi connectivity index (χ4v) is 3.80. The van der Waals surface area contributed by atoms with Crippen LogP contribution in [0.1, 0.15) is 36.4 Å². The molecule has 1 aliphatic heterocycles. The Balaban J connectivity index is 1.76. The van der Waals surface area contributed by atoms with Crippen molar-refractivity contribution in [3.8, 4) is 0 Å². The van der Waals surface area contributed by atoms with Gasteiger partial charge in [0.15, 0.2) is 0 Å². The molecule has 0 spiro atoms. The SMILES string of the molecule is C[C@H](N)c1ccc(N2CCC(c3ccccc3)C2)cc1Br. The van der Waals surface area contributed by atoms with Crippen LogP contribution in [-0.4, -0.2) is 13.1 Å². The summed E-state index contributed by atoms with van der Waals surface area (Å²) in [4.78, 5) is 2.47. The summed E-state index contributed by atoms with van der Waals surface area (Å²) in [5.74, 6) is 0.637. The fourth-order valence-electron chi connectivity index (χ4n) is 3.07. The molecule has 21 heavy (non-hydrogen) atoms. The highest BCUT2D eigenvalue weighted by Crippen LogP contribution is 2.33. The fraction of sp³-hybridized carbons (Fsp3) is 0.333. The lowest BCUT2D eigenvalue weighted by Gasteiger charge is -2.20. The minimum atomic E-state index is 0.0593. The molecule has 1 unspecified atom stereocenters. The lowest BCUT2D eigenvalue weighted by Crippen LogP contribution is -2.19. The van der Waals surface area contributed by atoms with Gasteiger partial charge in [-0.3, -0.25) is 0 Å². The number of benzene rings is 2. The molecule has 2 nitrogen and oxygen atoms in total. The Hall–Kier alpha value is -1.32. The third kappa shape index (κ3) is 3.14. The lowest BCUT2D eigenvalue weighted by atomic mass is 9.99. The predicted octanol–water partition coefficient (Wildman–Crippen LogP) is 4.46. The highest BCUT2D eigenvalue weighted by molar-refractivity contribution is 9.10. The zero-order chi connectivity index (χ0) is 14.8. The van der Waals surface area contributed by atoms with Gasteiger partial charge in [-0.05, 0) is 36.6 Å². The average molecular weight is 345 g/mol. The Morgan fingerprint density at radius 3 is 2.62 bits per heavy atom. The Labute approximate surface area is 135 Å². The van der Waals surface area contributed by atoms with E-state index < -0.39 is 0 Å². The Morgan fingerprint density at radius 2 is 1.95 bits per heavy atom. The molecule has 110 valence electrons. The van der Waals surface area contributed by atoms with Crippen molar-refractivity contribution in [1.82, 2.24) is 0 Å². The number of hydrogen-bond acceptors (Lipinski definition) is 2. The smallest absolute Gasteiger partial charge is 0.0377 e. The van der Waals surface area contributed by atoms with Crippen LogP contribution < -0.4 is 10.6 Å². The molecule has 1 fully saturated rings. The molecule has 1 heterocycles. The lowest BCUT2D eigenvalue weighted by molar-refractivity contribution is 0.775. The van der Waals surface area contributed by atoms with Crippen molar-refractivity contribution >= 4 is 21.6 Å². The van der Waals surface area contributed by atoms with E-state index in [1.54, 1.807) is 0 Å². The quantitative estimate of drug-likeness (QED) is 0.890. The van der Waals surface area contributed by atoms with Gasteiger partial charge in [0.2, 0.25) is 0 Å². The molecule has 1 aliphatic rings. The number of hydrogen-bond donors (Lipinski definition) is 1. The standard InChI is InChI=1S/C18H21BrN2/c1-13(20)17-8-7-16(11-18(17)19)21-10-9-15(12-21)14-5-3-2-4-6-14/h2-8,11,13,15H,9-10,12,20H2,1H3/t13-,15?/m0/s1. The summed E-state index contributed by atoms with van der Waals surface area (Å²) in [6.45, 7) is 4.22. The molecule has 0 bridgehead atoms. The van der Waals surface area contributed by atoms with Gasteiger partial charge < -0.3 is 10.6 Å². The van der Waals surface area contributed by atoms with Crippen LogP contribution in [0.2, 0.25) is 0 Å². The van der Waals surface area contributed by atoms with Crippen LogP contribution in [0.25, 0.3) is 0 Å². The summed E-state index contributed by atoms with van der Waals surface area (Å²) in [5.41, 5.74) is 9.87. The average Bonchev–Trinajstić information content (AvgIpc) is 2.97. The van der Waals surface area contributed by atoms with Gasteiger partial charge in [-0.25, -0.2) is 0 Å². The van der Waals surface area contributed by atoms with Crippen molar-refractivity contribution in [2.45, 2.75) is 25.3 Å². The first-order chi connectivity index (χ1) is 10.1. The van der Waals surface area contributed by atoms with Crippen LogP contribution in [0.5, 0.6) is 0 Å². The van der Waals surface area contributed by atoms with Crippen molar-refractivity contribution in [3.63, 3.8) is 0 Å². The molecule has 0 amide bonds. The summed E-state index contributed by atoms with van der Waals surface area (Å²) in [6.07, 6.45) is 1.22. The first kappa shape index (κ1) is 14.6. The highest BCUT2D eigenvalue weighted by atomic mass is 79.9. The zero-order valence-electron chi connectivity index (χ0n) is 12.3. The normalized spacial score (nSPS) is 19.8. The number of anilines is 1. The first-order valence-electron chi connectivity index (χ1n) is 7.50. The van der Waals surface area contributed by atoms with E-state index in [1.165, 1.54) is 17.7 Å². The van der Waals surface area contributed by atoms with E-state index >= 15 is 0 Å². The van der Waals surface area contributed by atoms with E-state index in [9.17, 15) is 0 Å². The van der Waals surface area contributed by atoms with Gasteiger partial charge in [-0.2, -0.15) is 0 Å². The second kappa shape index (κ2) is 6.20.